The summed E-state index contributed by atoms with van der Waals surface area (Å²) < 4.78 is 0. The highest BCUT2D eigenvalue weighted by Crippen LogP contribution is 2.18. The Labute approximate surface area is 123 Å². The van der Waals surface area contributed by atoms with Crippen molar-refractivity contribution >= 4 is 29.8 Å². The molecule has 0 spiro atoms. The summed E-state index contributed by atoms with van der Waals surface area (Å²) in [6.07, 6.45) is -2.17. The number of hydrogen-bond donors (Lipinski definition) is 5. The zero-order chi connectivity index (χ0) is 17.6. The van der Waals surface area contributed by atoms with Crippen LogP contribution in [0.15, 0.2) is 0 Å². The van der Waals surface area contributed by atoms with Crippen LogP contribution in [-0.4, -0.2) is 78.4 Å². The van der Waals surface area contributed by atoms with E-state index >= 15 is 0 Å². The van der Waals surface area contributed by atoms with Gasteiger partial charge in [-0.25, -0.2) is 0 Å². The molecule has 2 unspecified atom stereocenters. The Hall–Kier alpha value is -2.69. The van der Waals surface area contributed by atoms with Crippen LogP contribution in [-0.2, 0) is 24.0 Å². The van der Waals surface area contributed by atoms with Crippen LogP contribution in [0.4, 0.5) is 0 Å². The minimum absolute atomic E-state index is 0.356. The van der Waals surface area contributed by atoms with Crippen molar-refractivity contribution in [3.63, 3.8) is 0 Å². The largest absolute Gasteiger partial charge is 0.481 e. The summed E-state index contributed by atoms with van der Waals surface area (Å²) >= 11 is 0. The van der Waals surface area contributed by atoms with Crippen LogP contribution in [0.3, 0.4) is 0 Å². The minimum atomic E-state index is -2.01. The van der Waals surface area contributed by atoms with Gasteiger partial charge >= 0.3 is 29.8 Å². The molecule has 0 saturated heterocycles. The van der Waals surface area contributed by atoms with Gasteiger partial charge < -0.3 is 25.5 Å². The van der Waals surface area contributed by atoms with Crippen LogP contribution in [0, 0.1) is 0 Å². The molecule has 0 saturated carbocycles. The molecule has 124 valence electrons. The minimum Gasteiger partial charge on any atom is -0.481 e. The van der Waals surface area contributed by atoms with Crippen molar-refractivity contribution in [2.75, 3.05) is 0 Å². The third-order valence-electron chi connectivity index (χ3n) is 2.83. The van der Waals surface area contributed by atoms with Gasteiger partial charge in [-0.1, -0.05) is 0 Å². The van der Waals surface area contributed by atoms with Crippen LogP contribution >= 0.6 is 0 Å². The summed E-state index contributed by atoms with van der Waals surface area (Å²) in [7, 11) is 0. The molecule has 0 amide bonds. The summed E-state index contributed by atoms with van der Waals surface area (Å²) in [5.41, 5.74) is 0. The Morgan fingerprint density at radius 2 is 1.05 bits per heavy atom. The maximum Gasteiger partial charge on any atom is 0.321 e. The molecule has 0 fully saturated rings. The van der Waals surface area contributed by atoms with Crippen molar-refractivity contribution in [2.45, 2.75) is 37.9 Å². The second-order valence-electron chi connectivity index (χ2n) is 4.37. The normalized spacial score (nSPS) is 14.8. The maximum absolute atomic E-state index is 11.2. The molecule has 0 bridgehead atoms. The van der Waals surface area contributed by atoms with Crippen molar-refractivity contribution in [3.05, 3.63) is 0 Å². The van der Waals surface area contributed by atoms with E-state index in [4.69, 9.17) is 25.5 Å². The van der Waals surface area contributed by atoms with Gasteiger partial charge in [-0.3, -0.25) is 28.9 Å². The van der Waals surface area contributed by atoms with Gasteiger partial charge in [0, 0.05) is 0 Å². The molecule has 22 heavy (non-hydrogen) atoms. The Balaban J connectivity index is 5.89. The lowest BCUT2D eigenvalue weighted by atomic mass is 10.0. The molecular formula is C11H15NO10. The first-order valence-corrected chi connectivity index (χ1v) is 5.88. The fraction of sp³-hybridized carbons (Fsp3) is 0.545. The van der Waals surface area contributed by atoms with Crippen molar-refractivity contribution in [1.82, 2.24) is 4.90 Å². The molecule has 0 radical (unpaired) electrons. The highest BCUT2D eigenvalue weighted by molar-refractivity contribution is 5.86. The first-order valence-electron chi connectivity index (χ1n) is 5.88. The Morgan fingerprint density at radius 3 is 1.23 bits per heavy atom. The standard InChI is InChI=1S/C11H15NO10/c1-4(9(17)18)12(5(10(19)20)2-7(13)14)6(11(21)22)3-8(15)16/h4-6H,2-3H2,1H3,(H,13,14)(H,15,16)(H,17,18)(H,19,20)(H,21,22)/t4?,5-,6?/m0/s1. The topological polar surface area (TPSA) is 190 Å². The van der Waals surface area contributed by atoms with Gasteiger partial charge in [0.1, 0.15) is 18.1 Å². The summed E-state index contributed by atoms with van der Waals surface area (Å²) in [5.74, 6) is -8.36. The third kappa shape index (κ3) is 5.36. The van der Waals surface area contributed by atoms with E-state index < -0.39 is 60.8 Å². The molecule has 0 aromatic carbocycles. The van der Waals surface area contributed by atoms with Crippen molar-refractivity contribution < 1.29 is 49.5 Å². The maximum atomic E-state index is 11.2. The van der Waals surface area contributed by atoms with Crippen LogP contribution in [0.1, 0.15) is 19.8 Å². The zero-order valence-electron chi connectivity index (χ0n) is 11.4. The van der Waals surface area contributed by atoms with E-state index in [-0.39, 0.29) is 0 Å². The lowest BCUT2D eigenvalue weighted by molar-refractivity contribution is -0.164. The number of rotatable bonds is 10. The smallest absolute Gasteiger partial charge is 0.321 e. The Bertz CT molecular complexity index is 453. The molecule has 0 aliphatic rings. The van der Waals surface area contributed by atoms with E-state index in [9.17, 15) is 24.0 Å². The predicted molar refractivity (Wildman–Crippen MR) is 66.3 cm³/mol. The lowest BCUT2D eigenvalue weighted by Gasteiger charge is -2.35. The number of hydrogen-bond acceptors (Lipinski definition) is 6. The molecule has 11 nitrogen and oxygen atoms in total. The second-order valence-corrected chi connectivity index (χ2v) is 4.37. The summed E-state index contributed by atoms with van der Waals surface area (Å²) in [4.78, 5) is 55.2. The van der Waals surface area contributed by atoms with E-state index in [0.29, 0.717) is 4.90 Å². The average molecular weight is 321 g/mol. The summed E-state index contributed by atoms with van der Waals surface area (Å²) in [6.45, 7) is 0.942. The van der Waals surface area contributed by atoms with Crippen LogP contribution < -0.4 is 0 Å². The van der Waals surface area contributed by atoms with Gasteiger partial charge in [-0.15, -0.1) is 0 Å². The number of carboxylic acids is 5. The van der Waals surface area contributed by atoms with E-state index in [0.717, 1.165) is 6.92 Å². The lowest BCUT2D eigenvalue weighted by Crippen LogP contribution is -2.58. The molecule has 5 N–H and O–H groups in total. The zero-order valence-corrected chi connectivity index (χ0v) is 11.4. The van der Waals surface area contributed by atoms with Crippen LogP contribution in [0.2, 0.25) is 0 Å². The predicted octanol–water partition coefficient (Wildman–Crippen LogP) is -1.38. The van der Waals surface area contributed by atoms with E-state index in [2.05, 4.69) is 0 Å². The number of aliphatic carboxylic acids is 5. The summed E-state index contributed by atoms with van der Waals surface area (Å²) in [5, 5.41) is 44.5. The Kier molecular flexibility index (Phi) is 6.96. The van der Waals surface area contributed by atoms with Crippen molar-refractivity contribution in [3.8, 4) is 0 Å². The average Bonchev–Trinajstić information content (AvgIpc) is 2.34. The molecule has 0 aromatic heterocycles. The van der Waals surface area contributed by atoms with Crippen LogP contribution in [0.5, 0.6) is 0 Å². The molecule has 0 heterocycles. The van der Waals surface area contributed by atoms with Crippen molar-refractivity contribution in [1.29, 1.82) is 0 Å². The first kappa shape index (κ1) is 19.3. The van der Waals surface area contributed by atoms with Gasteiger partial charge in [0.2, 0.25) is 0 Å². The third-order valence-corrected chi connectivity index (χ3v) is 2.83. The Morgan fingerprint density at radius 1 is 0.727 bits per heavy atom. The summed E-state index contributed by atoms with van der Waals surface area (Å²) in [6, 6.07) is -5.74. The van der Waals surface area contributed by atoms with Gasteiger partial charge in [0.15, 0.2) is 0 Å². The molecule has 0 aromatic rings. The van der Waals surface area contributed by atoms with Gasteiger partial charge in [0.25, 0.3) is 0 Å². The van der Waals surface area contributed by atoms with Gasteiger partial charge in [-0.2, -0.15) is 0 Å². The SMILES string of the molecule is CC(C(=O)O)N(C(CC(=O)O)C(=O)O)[C@@H](CC(=O)O)C(=O)O. The fourth-order valence-electron chi connectivity index (χ4n) is 1.86. The highest BCUT2D eigenvalue weighted by atomic mass is 16.4. The first-order chi connectivity index (χ1) is 9.98. The van der Waals surface area contributed by atoms with Crippen LogP contribution in [0.25, 0.3) is 0 Å². The molecule has 0 aliphatic heterocycles. The number of nitrogens with zero attached hydrogens (tertiary/aromatic N) is 1. The van der Waals surface area contributed by atoms with E-state index in [1.54, 1.807) is 0 Å². The molecule has 0 rings (SSSR count). The highest BCUT2D eigenvalue weighted by Gasteiger charge is 2.42. The van der Waals surface area contributed by atoms with Crippen molar-refractivity contribution in [2.24, 2.45) is 0 Å². The van der Waals surface area contributed by atoms with E-state index in [1.807, 2.05) is 0 Å². The van der Waals surface area contributed by atoms with E-state index in [1.165, 1.54) is 0 Å². The molecule has 0 aliphatic carbocycles. The molecular weight excluding hydrogens is 306 g/mol. The number of carboxylic acid groups (broad SMARTS) is 5. The molecule has 3 atom stereocenters. The number of carbonyl (C=O) groups is 5. The quantitative estimate of drug-likeness (QED) is 0.318. The van der Waals surface area contributed by atoms with Gasteiger partial charge in [0.05, 0.1) is 12.8 Å². The fourth-order valence-corrected chi connectivity index (χ4v) is 1.86. The van der Waals surface area contributed by atoms with Gasteiger partial charge in [-0.05, 0) is 6.92 Å². The second kappa shape index (κ2) is 7.93. The monoisotopic (exact) mass is 321 g/mol. The molecule has 11 heteroatoms.